The van der Waals surface area contributed by atoms with Gasteiger partial charge >= 0.3 is 0 Å². The molecule has 0 aliphatic rings. The normalized spacial score (nSPS) is 10.3. The van der Waals surface area contributed by atoms with Gasteiger partial charge in [-0.1, -0.05) is 15.9 Å². The number of nitrogens with zero attached hydrogens (tertiary/aromatic N) is 1. The van der Waals surface area contributed by atoms with Crippen molar-refractivity contribution in [2.45, 2.75) is 13.8 Å². The van der Waals surface area contributed by atoms with Crippen LogP contribution in [0.4, 0.5) is 17.2 Å². The van der Waals surface area contributed by atoms with Crippen LogP contribution >= 0.6 is 15.9 Å². The quantitative estimate of drug-likeness (QED) is 0.885. The maximum Gasteiger partial charge on any atom is 0.147 e. The second-order valence-electron chi connectivity index (χ2n) is 3.98. The van der Waals surface area contributed by atoms with E-state index in [1.807, 2.05) is 12.1 Å². The topological polar surface area (TPSA) is 50.9 Å². The molecule has 3 N–H and O–H groups in total. The Balaban J connectivity index is 2.40. The van der Waals surface area contributed by atoms with Crippen LogP contribution in [0.15, 0.2) is 34.9 Å². The van der Waals surface area contributed by atoms with E-state index >= 15 is 0 Å². The number of rotatable bonds is 2. The summed E-state index contributed by atoms with van der Waals surface area (Å²) in [4.78, 5) is 4.06. The van der Waals surface area contributed by atoms with Gasteiger partial charge in [-0.2, -0.15) is 0 Å². The maximum atomic E-state index is 5.82. The molecule has 3 nitrogen and oxygen atoms in total. The van der Waals surface area contributed by atoms with Gasteiger partial charge in [-0.25, -0.2) is 4.98 Å². The third-order valence-corrected chi connectivity index (χ3v) is 3.05. The van der Waals surface area contributed by atoms with Gasteiger partial charge in [0.1, 0.15) is 5.82 Å². The Kier molecular flexibility index (Phi) is 3.33. The summed E-state index contributed by atoms with van der Waals surface area (Å²) in [5.74, 6) is 0.509. The molecule has 0 amide bonds. The molecule has 0 spiro atoms. The number of nitrogens with one attached hydrogen (secondary N) is 1. The fraction of sp³-hybridized carbons (Fsp3) is 0.154. The molecule has 88 valence electrons. The van der Waals surface area contributed by atoms with E-state index in [0.717, 1.165) is 15.8 Å². The van der Waals surface area contributed by atoms with E-state index < -0.39 is 0 Å². The van der Waals surface area contributed by atoms with E-state index in [1.54, 1.807) is 6.20 Å². The molecule has 0 aliphatic heterocycles. The summed E-state index contributed by atoms with van der Waals surface area (Å²) in [5, 5.41) is 3.33. The molecule has 2 rings (SSSR count). The van der Waals surface area contributed by atoms with Crippen molar-refractivity contribution in [2.75, 3.05) is 11.1 Å². The molecule has 2 aromatic rings. The zero-order valence-electron chi connectivity index (χ0n) is 9.79. The highest BCUT2D eigenvalue weighted by Crippen LogP contribution is 2.29. The van der Waals surface area contributed by atoms with Crippen LogP contribution in [-0.4, -0.2) is 4.98 Å². The van der Waals surface area contributed by atoms with Crippen LogP contribution in [0.3, 0.4) is 0 Å². The molecule has 0 aliphatic carbocycles. The van der Waals surface area contributed by atoms with E-state index in [2.05, 4.69) is 52.2 Å². The van der Waals surface area contributed by atoms with Crippen molar-refractivity contribution < 1.29 is 0 Å². The van der Waals surface area contributed by atoms with Gasteiger partial charge in [0.15, 0.2) is 0 Å². The SMILES string of the molecule is Cc1cc(Br)cc(C)c1Nc1cccnc1N. The van der Waals surface area contributed by atoms with Crippen LogP contribution in [0, 0.1) is 13.8 Å². The van der Waals surface area contributed by atoms with Crippen LogP contribution in [0.1, 0.15) is 11.1 Å². The van der Waals surface area contributed by atoms with Gasteiger partial charge in [-0.05, 0) is 49.2 Å². The lowest BCUT2D eigenvalue weighted by Crippen LogP contribution is -2.01. The standard InChI is InChI=1S/C13H14BrN3/c1-8-6-10(14)7-9(2)12(8)17-11-4-3-5-16-13(11)15/h3-7,17H,1-2H3,(H2,15,16). The second-order valence-corrected chi connectivity index (χ2v) is 4.89. The number of halogens is 1. The molecule has 0 saturated heterocycles. The van der Waals surface area contributed by atoms with Crippen molar-refractivity contribution in [1.82, 2.24) is 4.98 Å². The van der Waals surface area contributed by atoms with E-state index in [-0.39, 0.29) is 0 Å². The monoisotopic (exact) mass is 291 g/mol. The predicted octanol–water partition coefficient (Wildman–Crippen LogP) is 3.79. The van der Waals surface area contributed by atoms with E-state index in [1.165, 1.54) is 11.1 Å². The fourth-order valence-corrected chi connectivity index (χ4v) is 2.45. The third kappa shape index (κ3) is 2.58. The summed E-state index contributed by atoms with van der Waals surface area (Å²) < 4.78 is 1.08. The molecule has 4 heteroatoms. The van der Waals surface area contributed by atoms with Crippen LogP contribution < -0.4 is 11.1 Å². The Morgan fingerprint density at radius 2 is 1.88 bits per heavy atom. The van der Waals surface area contributed by atoms with Crippen molar-refractivity contribution in [3.05, 3.63) is 46.1 Å². The zero-order chi connectivity index (χ0) is 12.4. The van der Waals surface area contributed by atoms with Gasteiger partial charge in [0.05, 0.1) is 5.69 Å². The van der Waals surface area contributed by atoms with Gasteiger partial charge in [-0.3, -0.25) is 0 Å². The lowest BCUT2D eigenvalue weighted by molar-refractivity contribution is 1.30. The first-order valence-electron chi connectivity index (χ1n) is 5.32. The summed E-state index contributed by atoms with van der Waals surface area (Å²) in [5.41, 5.74) is 10.1. The average Bonchev–Trinajstić information content (AvgIpc) is 2.25. The van der Waals surface area contributed by atoms with Gasteiger partial charge in [0.25, 0.3) is 0 Å². The second kappa shape index (κ2) is 4.75. The van der Waals surface area contributed by atoms with Crippen LogP contribution in [0.2, 0.25) is 0 Å². The fourth-order valence-electron chi connectivity index (χ4n) is 1.77. The number of hydrogen-bond donors (Lipinski definition) is 2. The summed E-state index contributed by atoms with van der Waals surface area (Å²) in [6.45, 7) is 4.12. The van der Waals surface area contributed by atoms with Crippen molar-refractivity contribution in [3.63, 3.8) is 0 Å². The number of pyridine rings is 1. The minimum Gasteiger partial charge on any atom is -0.382 e. The van der Waals surface area contributed by atoms with Crippen molar-refractivity contribution in [1.29, 1.82) is 0 Å². The van der Waals surface area contributed by atoms with Gasteiger partial charge < -0.3 is 11.1 Å². The van der Waals surface area contributed by atoms with E-state index in [0.29, 0.717) is 5.82 Å². The number of anilines is 3. The van der Waals surface area contributed by atoms with Gasteiger partial charge in [0, 0.05) is 16.4 Å². The Morgan fingerprint density at radius 1 is 1.24 bits per heavy atom. The molecule has 17 heavy (non-hydrogen) atoms. The third-order valence-electron chi connectivity index (χ3n) is 2.60. The molecular weight excluding hydrogens is 278 g/mol. The minimum atomic E-state index is 0.509. The predicted molar refractivity (Wildman–Crippen MR) is 75.5 cm³/mol. The number of hydrogen-bond acceptors (Lipinski definition) is 3. The smallest absolute Gasteiger partial charge is 0.147 e. The molecular formula is C13H14BrN3. The molecule has 0 radical (unpaired) electrons. The Morgan fingerprint density at radius 3 is 2.47 bits per heavy atom. The number of aromatic nitrogens is 1. The Bertz CT molecular complexity index is 529. The van der Waals surface area contributed by atoms with Crippen molar-refractivity contribution in [3.8, 4) is 0 Å². The summed E-state index contributed by atoms with van der Waals surface area (Å²) >= 11 is 3.48. The first kappa shape index (κ1) is 11.9. The van der Waals surface area contributed by atoms with Crippen LogP contribution in [0.5, 0.6) is 0 Å². The largest absolute Gasteiger partial charge is 0.382 e. The molecule has 1 aromatic carbocycles. The summed E-state index contributed by atoms with van der Waals surface area (Å²) in [6, 6.07) is 7.93. The molecule has 0 bridgehead atoms. The Labute approximate surface area is 109 Å². The van der Waals surface area contributed by atoms with Gasteiger partial charge in [0.2, 0.25) is 0 Å². The molecule has 1 heterocycles. The van der Waals surface area contributed by atoms with Crippen molar-refractivity contribution in [2.24, 2.45) is 0 Å². The number of benzene rings is 1. The summed E-state index contributed by atoms with van der Waals surface area (Å²) in [6.07, 6.45) is 1.68. The lowest BCUT2D eigenvalue weighted by Gasteiger charge is -2.14. The molecule has 0 fully saturated rings. The molecule has 0 saturated carbocycles. The molecule has 0 atom stereocenters. The highest BCUT2D eigenvalue weighted by Gasteiger charge is 2.06. The number of aryl methyl sites for hydroxylation is 2. The van der Waals surface area contributed by atoms with Crippen LogP contribution in [-0.2, 0) is 0 Å². The first-order chi connectivity index (χ1) is 8.08. The average molecular weight is 292 g/mol. The Hall–Kier alpha value is -1.55. The highest BCUT2D eigenvalue weighted by molar-refractivity contribution is 9.10. The highest BCUT2D eigenvalue weighted by atomic mass is 79.9. The van der Waals surface area contributed by atoms with Gasteiger partial charge in [-0.15, -0.1) is 0 Å². The van der Waals surface area contributed by atoms with E-state index in [4.69, 9.17) is 5.73 Å². The number of nitrogens with two attached hydrogens (primary N) is 1. The minimum absolute atomic E-state index is 0.509. The summed E-state index contributed by atoms with van der Waals surface area (Å²) in [7, 11) is 0. The zero-order valence-corrected chi connectivity index (χ0v) is 11.4. The first-order valence-corrected chi connectivity index (χ1v) is 6.11. The lowest BCUT2D eigenvalue weighted by atomic mass is 10.1. The molecule has 0 unspecified atom stereocenters. The van der Waals surface area contributed by atoms with Crippen LogP contribution in [0.25, 0.3) is 0 Å². The maximum absolute atomic E-state index is 5.82. The number of nitrogen functional groups attached to an aromatic ring is 1. The molecule has 1 aromatic heterocycles. The van der Waals surface area contributed by atoms with E-state index in [9.17, 15) is 0 Å². The van der Waals surface area contributed by atoms with Crippen molar-refractivity contribution >= 4 is 33.1 Å².